The van der Waals surface area contributed by atoms with Crippen LogP contribution in [0.1, 0.15) is 21.5 Å². The van der Waals surface area contributed by atoms with Gasteiger partial charge >= 0.3 is 5.97 Å². The number of carboxylic acid groups (broad SMARTS) is 1. The third-order valence-corrected chi connectivity index (χ3v) is 5.56. The Morgan fingerprint density at radius 1 is 1.08 bits per heavy atom. The molecule has 25 heavy (non-hydrogen) atoms. The molecule has 5 nitrogen and oxygen atoms in total. The summed E-state index contributed by atoms with van der Waals surface area (Å²) in [5, 5.41) is 21.4. The predicted molar refractivity (Wildman–Crippen MR) is 102 cm³/mol. The molecule has 1 aromatic heterocycles. The van der Waals surface area contributed by atoms with E-state index in [1.165, 1.54) is 16.9 Å². The van der Waals surface area contributed by atoms with Gasteiger partial charge in [-0.2, -0.15) is 0 Å². The monoisotopic (exact) mass is 371 g/mol. The molecule has 0 aliphatic rings. The van der Waals surface area contributed by atoms with Crippen molar-refractivity contribution in [2.45, 2.75) is 16.5 Å². The van der Waals surface area contributed by atoms with Crippen molar-refractivity contribution in [2.24, 2.45) is 0 Å². The molecular formula is C18H17N3O2S2. The molecule has 0 aliphatic heterocycles. The molecule has 3 aromatic rings. The molecule has 0 radical (unpaired) electrons. The quantitative estimate of drug-likeness (QED) is 0.579. The Balaban J connectivity index is 1.48. The minimum absolute atomic E-state index is 0.304. The molecule has 0 fully saturated rings. The van der Waals surface area contributed by atoms with Crippen molar-refractivity contribution >= 4 is 34.2 Å². The van der Waals surface area contributed by atoms with Crippen molar-refractivity contribution in [2.75, 3.05) is 11.9 Å². The van der Waals surface area contributed by atoms with Gasteiger partial charge in [-0.15, -0.1) is 10.2 Å². The minimum Gasteiger partial charge on any atom is -0.478 e. The largest absolute Gasteiger partial charge is 0.478 e. The highest BCUT2D eigenvalue weighted by Gasteiger charge is 2.07. The van der Waals surface area contributed by atoms with Crippen LogP contribution in [-0.4, -0.2) is 27.8 Å². The number of hydrogen-bond donors (Lipinski definition) is 2. The van der Waals surface area contributed by atoms with Gasteiger partial charge in [-0.3, -0.25) is 0 Å². The van der Waals surface area contributed by atoms with Crippen molar-refractivity contribution in [3.63, 3.8) is 0 Å². The third kappa shape index (κ3) is 5.30. The summed E-state index contributed by atoms with van der Waals surface area (Å²) in [6.45, 7) is 0.809. The first-order valence-electron chi connectivity index (χ1n) is 7.77. The first kappa shape index (κ1) is 17.4. The van der Waals surface area contributed by atoms with Gasteiger partial charge in [0.1, 0.15) is 0 Å². The van der Waals surface area contributed by atoms with Crippen molar-refractivity contribution in [3.8, 4) is 0 Å². The lowest BCUT2D eigenvalue weighted by atomic mass is 10.1. The zero-order chi connectivity index (χ0) is 17.5. The molecule has 7 heteroatoms. The maximum atomic E-state index is 11.0. The highest BCUT2D eigenvalue weighted by molar-refractivity contribution is 8.00. The Hall–Kier alpha value is -2.38. The summed E-state index contributed by atoms with van der Waals surface area (Å²) >= 11 is 3.07. The van der Waals surface area contributed by atoms with E-state index in [-0.39, 0.29) is 0 Å². The normalized spacial score (nSPS) is 10.6. The standard InChI is InChI=1S/C18H17N3O2S2/c22-16(23)15-8-4-7-14(11-15)12-24-18-21-20-17(25-18)19-10-9-13-5-2-1-3-6-13/h1-8,11H,9-10,12H2,(H,19,20)(H,22,23). The van der Waals surface area contributed by atoms with Crippen LogP contribution in [-0.2, 0) is 12.2 Å². The molecule has 0 saturated carbocycles. The molecule has 0 atom stereocenters. The third-order valence-electron chi connectivity index (χ3n) is 3.48. The molecule has 2 aromatic carbocycles. The fraction of sp³-hybridized carbons (Fsp3) is 0.167. The molecule has 3 rings (SSSR count). The number of hydrogen-bond acceptors (Lipinski definition) is 6. The van der Waals surface area contributed by atoms with Crippen LogP contribution in [0.5, 0.6) is 0 Å². The molecule has 1 heterocycles. The zero-order valence-corrected chi connectivity index (χ0v) is 15.0. The van der Waals surface area contributed by atoms with Gasteiger partial charge in [0, 0.05) is 12.3 Å². The van der Waals surface area contributed by atoms with E-state index in [9.17, 15) is 4.79 Å². The van der Waals surface area contributed by atoms with Crippen molar-refractivity contribution in [1.29, 1.82) is 0 Å². The fourth-order valence-corrected chi connectivity index (χ4v) is 3.96. The lowest BCUT2D eigenvalue weighted by Crippen LogP contribution is -2.04. The first-order valence-corrected chi connectivity index (χ1v) is 9.57. The SMILES string of the molecule is O=C(O)c1cccc(CSc2nnc(NCCc3ccccc3)s2)c1. The molecule has 0 aliphatic carbocycles. The Bertz CT molecular complexity index is 837. The minimum atomic E-state index is -0.910. The lowest BCUT2D eigenvalue weighted by molar-refractivity contribution is 0.0697. The van der Waals surface area contributed by atoms with Gasteiger partial charge in [0.05, 0.1) is 5.56 Å². The number of anilines is 1. The average molecular weight is 371 g/mol. The maximum absolute atomic E-state index is 11.0. The Kier molecular flexibility index (Phi) is 6.03. The second-order valence-electron chi connectivity index (χ2n) is 5.33. The van der Waals surface area contributed by atoms with Crippen LogP contribution in [0.3, 0.4) is 0 Å². The molecule has 0 saturated heterocycles. The molecule has 0 bridgehead atoms. The Labute approximate surface area is 154 Å². The smallest absolute Gasteiger partial charge is 0.335 e. The van der Waals surface area contributed by atoms with Gasteiger partial charge < -0.3 is 10.4 Å². The number of nitrogens with zero attached hydrogens (tertiary/aromatic N) is 2. The summed E-state index contributed by atoms with van der Waals surface area (Å²) in [7, 11) is 0. The van der Waals surface area contributed by atoms with Crippen LogP contribution in [0.4, 0.5) is 5.13 Å². The lowest BCUT2D eigenvalue weighted by Gasteiger charge is -2.02. The second kappa shape index (κ2) is 8.64. The molecule has 0 spiro atoms. The number of nitrogens with one attached hydrogen (secondary N) is 1. The summed E-state index contributed by atoms with van der Waals surface area (Å²) in [5.41, 5.74) is 2.55. The van der Waals surface area contributed by atoms with Crippen molar-refractivity contribution < 1.29 is 9.90 Å². The maximum Gasteiger partial charge on any atom is 0.335 e. The summed E-state index contributed by atoms with van der Waals surface area (Å²) in [6.07, 6.45) is 0.935. The number of aromatic nitrogens is 2. The van der Waals surface area contributed by atoms with E-state index in [0.717, 1.165) is 28.0 Å². The van der Waals surface area contributed by atoms with Gasteiger partial charge in [0.15, 0.2) is 4.34 Å². The average Bonchev–Trinajstić information content (AvgIpc) is 3.09. The topological polar surface area (TPSA) is 75.1 Å². The number of aromatic carboxylic acids is 1. The Morgan fingerprint density at radius 3 is 2.68 bits per heavy atom. The van der Waals surface area contributed by atoms with E-state index >= 15 is 0 Å². The molecule has 0 amide bonds. The number of carbonyl (C=O) groups is 1. The zero-order valence-electron chi connectivity index (χ0n) is 13.4. The van der Waals surface area contributed by atoms with Crippen LogP contribution in [0.15, 0.2) is 58.9 Å². The summed E-state index contributed by atoms with van der Waals surface area (Å²) in [6, 6.07) is 17.3. The van der Waals surface area contributed by atoms with Crippen LogP contribution < -0.4 is 5.32 Å². The van der Waals surface area contributed by atoms with Crippen molar-refractivity contribution in [1.82, 2.24) is 10.2 Å². The molecule has 128 valence electrons. The van der Waals surface area contributed by atoms with Crippen LogP contribution >= 0.6 is 23.1 Å². The highest BCUT2D eigenvalue weighted by Crippen LogP contribution is 2.28. The highest BCUT2D eigenvalue weighted by atomic mass is 32.2. The number of thioether (sulfide) groups is 1. The van der Waals surface area contributed by atoms with E-state index in [4.69, 9.17) is 5.11 Å². The summed E-state index contributed by atoms with van der Waals surface area (Å²) in [4.78, 5) is 11.0. The van der Waals surface area contributed by atoms with E-state index in [1.807, 2.05) is 24.3 Å². The molecule has 0 unspecified atom stereocenters. The van der Waals surface area contributed by atoms with Crippen LogP contribution in [0.2, 0.25) is 0 Å². The summed E-state index contributed by atoms with van der Waals surface area (Å²) < 4.78 is 0.864. The number of benzene rings is 2. The number of carboxylic acids is 1. The fourth-order valence-electron chi connectivity index (χ4n) is 2.24. The van der Waals surface area contributed by atoms with Gasteiger partial charge in [-0.1, -0.05) is 65.6 Å². The molecule has 2 N–H and O–H groups in total. The first-order chi connectivity index (χ1) is 12.2. The van der Waals surface area contributed by atoms with E-state index in [0.29, 0.717) is 11.3 Å². The van der Waals surface area contributed by atoms with Gasteiger partial charge in [0.25, 0.3) is 0 Å². The van der Waals surface area contributed by atoms with Gasteiger partial charge in [-0.05, 0) is 29.7 Å². The predicted octanol–water partition coefficient (Wildman–Crippen LogP) is 4.18. The van der Waals surface area contributed by atoms with E-state index in [1.54, 1.807) is 30.0 Å². The van der Waals surface area contributed by atoms with Gasteiger partial charge in [-0.25, -0.2) is 4.79 Å². The second-order valence-corrected chi connectivity index (χ2v) is 7.53. The molecular weight excluding hydrogens is 354 g/mol. The van der Waals surface area contributed by atoms with Gasteiger partial charge in [0.2, 0.25) is 5.13 Å². The number of rotatable bonds is 8. The van der Waals surface area contributed by atoms with E-state index < -0.39 is 5.97 Å². The Morgan fingerprint density at radius 2 is 1.88 bits per heavy atom. The van der Waals surface area contributed by atoms with Crippen LogP contribution in [0, 0.1) is 0 Å². The van der Waals surface area contributed by atoms with Crippen LogP contribution in [0.25, 0.3) is 0 Å². The van der Waals surface area contributed by atoms with E-state index in [2.05, 4.69) is 27.6 Å². The van der Waals surface area contributed by atoms with Crippen molar-refractivity contribution in [3.05, 3.63) is 71.3 Å². The summed E-state index contributed by atoms with van der Waals surface area (Å²) in [5.74, 6) is -0.243.